The first-order valence-corrected chi connectivity index (χ1v) is 7.98. The van der Waals surface area contributed by atoms with Gasteiger partial charge >= 0.3 is 0 Å². The topological polar surface area (TPSA) is 21.3 Å². The number of ether oxygens (including phenoxy) is 1. The van der Waals surface area contributed by atoms with E-state index in [1.807, 2.05) is 11.3 Å². The molecule has 0 saturated heterocycles. The summed E-state index contributed by atoms with van der Waals surface area (Å²) in [5, 5.41) is 5.68. The molecule has 1 N–H and O–H groups in total. The van der Waals surface area contributed by atoms with Gasteiger partial charge in [-0.2, -0.15) is 0 Å². The Labute approximate surface area is 117 Å². The third-order valence-corrected chi connectivity index (χ3v) is 4.42. The van der Waals surface area contributed by atoms with E-state index in [4.69, 9.17) is 4.74 Å². The fraction of sp³-hybridized carbons (Fsp3) is 0.692. The van der Waals surface area contributed by atoms with Gasteiger partial charge in [-0.3, -0.25) is 0 Å². The molecule has 98 valence electrons. The lowest BCUT2D eigenvalue weighted by atomic mass is 10.2. The summed E-state index contributed by atoms with van der Waals surface area (Å²) in [5.74, 6) is 0. The average Bonchev–Trinajstić information content (AvgIpc) is 2.72. The van der Waals surface area contributed by atoms with Crippen LogP contribution in [0.15, 0.2) is 15.9 Å². The van der Waals surface area contributed by atoms with Gasteiger partial charge in [0.25, 0.3) is 0 Å². The van der Waals surface area contributed by atoms with Crippen molar-refractivity contribution in [3.8, 4) is 0 Å². The average molecular weight is 320 g/mol. The number of halogens is 1. The summed E-state index contributed by atoms with van der Waals surface area (Å²) in [5.41, 5.74) is 0. The van der Waals surface area contributed by atoms with Gasteiger partial charge in [-0.25, -0.2) is 0 Å². The molecule has 1 atom stereocenters. The van der Waals surface area contributed by atoms with Crippen LogP contribution in [0.4, 0.5) is 0 Å². The fourth-order valence-corrected chi connectivity index (χ4v) is 3.20. The van der Waals surface area contributed by atoms with E-state index in [0.717, 1.165) is 39.0 Å². The van der Waals surface area contributed by atoms with Crippen molar-refractivity contribution in [3.63, 3.8) is 0 Å². The molecule has 2 nitrogen and oxygen atoms in total. The molecule has 0 spiro atoms. The van der Waals surface area contributed by atoms with E-state index >= 15 is 0 Å². The summed E-state index contributed by atoms with van der Waals surface area (Å²) in [6, 6.07) is 2.54. The van der Waals surface area contributed by atoms with Crippen LogP contribution in [-0.4, -0.2) is 25.8 Å². The molecule has 1 aromatic rings. The molecular weight excluding hydrogens is 298 g/mol. The Hall–Kier alpha value is 0.100. The molecule has 0 aromatic carbocycles. The highest BCUT2D eigenvalue weighted by molar-refractivity contribution is 9.10. The van der Waals surface area contributed by atoms with Crippen molar-refractivity contribution >= 4 is 27.3 Å². The lowest BCUT2D eigenvalue weighted by Gasteiger charge is -2.18. The smallest absolute Gasteiger partial charge is 0.0623 e. The van der Waals surface area contributed by atoms with Crippen molar-refractivity contribution < 1.29 is 4.74 Å². The first-order valence-electron chi connectivity index (χ1n) is 6.30. The highest BCUT2D eigenvalue weighted by Crippen LogP contribution is 2.24. The van der Waals surface area contributed by atoms with Crippen LogP contribution in [0.1, 0.15) is 31.6 Å². The van der Waals surface area contributed by atoms with Crippen LogP contribution in [0, 0.1) is 0 Å². The SMILES string of the molecule is CCCNC(COCCC)Cc1sccc1Br. The van der Waals surface area contributed by atoms with Crippen molar-refractivity contribution in [2.45, 2.75) is 39.2 Å². The zero-order chi connectivity index (χ0) is 12.5. The summed E-state index contributed by atoms with van der Waals surface area (Å²) >= 11 is 5.39. The molecule has 0 aliphatic rings. The molecule has 1 heterocycles. The minimum Gasteiger partial charge on any atom is -0.380 e. The Bertz CT molecular complexity index is 303. The van der Waals surface area contributed by atoms with E-state index < -0.39 is 0 Å². The predicted octanol–water partition coefficient (Wildman–Crippen LogP) is 3.85. The van der Waals surface area contributed by atoms with Gasteiger partial charge in [-0.1, -0.05) is 13.8 Å². The van der Waals surface area contributed by atoms with Gasteiger partial charge in [0.1, 0.15) is 0 Å². The fourth-order valence-electron chi connectivity index (χ4n) is 1.60. The molecular formula is C13H22BrNOS. The Kier molecular flexibility index (Phi) is 8.10. The summed E-state index contributed by atoms with van der Waals surface area (Å²) < 4.78 is 6.88. The normalized spacial score (nSPS) is 12.9. The standard InChI is InChI=1S/C13H22BrNOS/c1-3-6-15-11(10-16-7-4-2)9-13-12(14)5-8-17-13/h5,8,11,15H,3-4,6-7,9-10H2,1-2H3. The van der Waals surface area contributed by atoms with Crippen LogP contribution in [0.25, 0.3) is 0 Å². The second-order valence-corrected chi connectivity index (χ2v) is 5.98. The lowest BCUT2D eigenvalue weighted by molar-refractivity contribution is 0.112. The zero-order valence-corrected chi connectivity index (χ0v) is 13.1. The van der Waals surface area contributed by atoms with Crippen molar-refractivity contribution in [2.24, 2.45) is 0 Å². The van der Waals surface area contributed by atoms with E-state index in [1.54, 1.807) is 0 Å². The lowest BCUT2D eigenvalue weighted by Crippen LogP contribution is -2.36. The van der Waals surface area contributed by atoms with Crippen LogP contribution in [-0.2, 0) is 11.2 Å². The Morgan fingerprint density at radius 1 is 1.41 bits per heavy atom. The molecule has 0 fully saturated rings. The number of hydrogen-bond acceptors (Lipinski definition) is 3. The van der Waals surface area contributed by atoms with Crippen LogP contribution in [0.5, 0.6) is 0 Å². The van der Waals surface area contributed by atoms with Crippen LogP contribution < -0.4 is 5.32 Å². The van der Waals surface area contributed by atoms with Gasteiger partial charge < -0.3 is 10.1 Å². The van der Waals surface area contributed by atoms with Crippen molar-refractivity contribution in [2.75, 3.05) is 19.8 Å². The molecule has 0 aliphatic heterocycles. The number of rotatable bonds is 9. The maximum Gasteiger partial charge on any atom is 0.0623 e. The second-order valence-electron chi connectivity index (χ2n) is 4.12. The van der Waals surface area contributed by atoms with Crippen LogP contribution in [0.2, 0.25) is 0 Å². The highest BCUT2D eigenvalue weighted by Gasteiger charge is 2.12. The molecule has 1 unspecified atom stereocenters. The maximum absolute atomic E-state index is 5.66. The van der Waals surface area contributed by atoms with Crippen LogP contribution >= 0.6 is 27.3 Å². The molecule has 0 radical (unpaired) electrons. The number of nitrogens with one attached hydrogen (secondary N) is 1. The number of thiophene rings is 1. The largest absolute Gasteiger partial charge is 0.380 e. The molecule has 1 aromatic heterocycles. The summed E-state index contributed by atoms with van der Waals surface area (Å²) in [4.78, 5) is 1.40. The minimum absolute atomic E-state index is 0.427. The van der Waals surface area contributed by atoms with Crippen LogP contribution in [0.3, 0.4) is 0 Å². The van der Waals surface area contributed by atoms with E-state index in [0.29, 0.717) is 6.04 Å². The highest BCUT2D eigenvalue weighted by atomic mass is 79.9. The first-order chi connectivity index (χ1) is 8.27. The van der Waals surface area contributed by atoms with Crippen molar-refractivity contribution in [3.05, 3.63) is 20.8 Å². The summed E-state index contributed by atoms with van der Waals surface area (Å²) in [7, 11) is 0. The second kappa shape index (κ2) is 9.09. The van der Waals surface area contributed by atoms with E-state index in [-0.39, 0.29) is 0 Å². The Morgan fingerprint density at radius 3 is 2.82 bits per heavy atom. The monoisotopic (exact) mass is 319 g/mol. The van der Waals surface area contributed by atoms with Gasteiger partial charge in [-0.15, -0.1) is 11.3 Å². The molecule has 0 saturated carbocycles. The zero-order valence-electron chi connectivity index (χ0n) is 10.7. The Morgan fingerprint density at radius 2 is 2.24 bits per heavy atom. The Balaban J connectivity index is 2.42. The van der Waals surface area contributed by atoms with Gasteiger partial charge in [0.2, 0.25) is 0 Å². The minimum atomic E-state index is 0.427. The van der Waals surface area contributed by atoms with Gasteiger partial charge in [0.15, 0.2) is 0 Å². The number of hydrogen-bond donors (Lipinski definition) is 1. The molecule has 1 rings (SSSR count). The summed E-state index contributed by atoms with van der Waals surface area (Å²) in [6.45, 7) is 7.06. The molecule has 0 aliphatic carbocycles. The van der Waals surface area contributed by atoms with Gasteiger partial charge in [0, 0.05) is 28.4 Å². The van der Waals surface area contributed by atoms with Crippen molar-refractivity contribution in [1.82, 2.24) is 5.32 Å². The van der Waals surface area contributed by atoms with Gasteiger partial charge in [-0.05, 0) is 46.8 Å². The third-order valence-electron chi connectivity index (χ3n) is 2.47. The molecule has 0 bridgehead atoms. The predicted molar refractivity (Wildman–Crippen MR) is 78.9 cm³/mol. The molecule has 0 amide bonds. The van der Waals surface area contributed by atoms with Crippen molar-refractivity contribution in [1.29, 1.82) is 0 Å². The third kappa shape index (κ3) is 6.00. The maximum atomic E-state index is 5.66. The van der Waals surface area contributed by atoms with E-state index in [2.05, 4.69) is 46.5 Å². The molecule has 4 heteroatoms. The first kappa shape index (κ1) is 15.2. The molecule has 17 heavy (non-hydrogen) atoms. The van der Waals surface area contributed by atoms with E-state index in [9.17, 15) is 0 Å². The summed E-state index contributed by atoms with van der Waals surface area (Å²) in [6.07, 6.45) is 3.29. The van der Waals surface area contributed by atoms with Gasteiger partial charge in [0.05, 0.1) is 6.61 Å². The van der Waals surface area contributed by atoms with E-state index in [1.165, 1.54) is 9.35 Å². The quantitative estimate of drug-likeness (QED) is 0.698.